The number of aromatic carboxylic acids is 1. The van der Waals surface area contributed by atoms with E-state index in [1.807, 2.05) is 16.8 Å². The summed E-state index contributed by atoms with van der Waals surface area (Å²) >= 11 is 3.26. The number of thiophene rings is 2. The van der Waals surface area contributed by atoms with E-state index in [0.29, 0.717) is 18.3 Å². The smallest absolute Gasteiger partial charge is 0.357 e. The molecule has 0 saturated heterocycles. The van der Waals surface area contributed by atoms with E-state index in [9.17, 15) is 14.7 Å². The van der Waals surface area contributed by atoms with Crippen molar-refractivity contribution in [3.8, 4) is 0 Å². The SMILES string of the molecule is O=CC=Cn1nc(C(=O)O)c2c1CC(c1ccsc1)(c1ccsc1)C=C2. The third-order valence-corrected chi connectivity index (χ3v) is 5.98. The molecular formula is C19H14N2O3S2. The van der Waals surface area contributed by atoms with Crippen molar-refractivity contribution in [3.63, 3.8) is 0 Å². The Morgan fingerprint density at radius 3 is 2.46 bits per heavy atom. The summed E-state index contributed by atoms with van der Waals surface area (Å²) in [5.41, 5.74) is 3.31. The summed E-state index contributed by atoms with van der Waals surface area (Å²) in [4.78, 5) is 22.3. The number of carboxylic acid groups (broad SMARTS) is 1. The van der Waals surface area contributed by atoms with Gasteiger partial charge in [0.25, 0.3) is 0 Å². The highest BCUT2D eigenvalue weighted by Gasteiger charge is 2.38. The van der Waals surface area contributed by atoms with Crippen LogP contribution in [0.2, 0.25) is 0 Å². The number of carbonyl (C=O) groups is 2. The van der Waals surface area contributed by atoms with Gasteiger partial charge in [0, 0.05) is 23.6 Å². The van der Waals surface area contributed by atoms with Crippen LogP contribution in [0.1, 0.15) is 32.9 Å². The molecule has 4 rings (SSSR count). The molecule has 0 atom stereocenters. The third-order valence-electron chi connectivity index (χ3n) is 4.61. The first-order valence-electron chi connectivity index (χ1n) is 7.87. The average Bonchev–Trinajstić information content (AvgIpc) is 3.40. The normalized spacial score (nSPS) is 15.2. The number of allylic oxidation sites excluding steroid dienone is 2. The lowest BCUT2D eigenvalue weighted by Gasteiger charge is -2.33. The lowest BCUT2D eigenvalue weighted by atomic mass is 9.70. The average molecular weight is 382 g/mol. The summed E-state index contributed by atoms with van der Waals surface area (Å²) in [5, 5.41) is 22.0. The van der Waals surface area contributed by atoms with Crippen molar-refractivity contribution in [1.82, 2.24) is 9.78 Å². The van der Waals surface area contributed by atoms with E-state index >= 15 is 0 Å². The first-order valence-corrected chi connectivity index (χ1v) is 9.75. The number of aromatic nitrogens is 2. The summed E-state index contributed by atoms with van der Waals surface area (Å²) in [6.45, 7) is 0. The maximum absolute atomic E-state index is 11.6. The Morgan fingerprint density at radius 2 is 1.92 bits per heavy atom. The Kier molecular flexibility index (Phi) is 4.18. The molecule has 1 N–H and O–H groups in total. The second-order valence-electron chi connectivity index (χ2n) is 5.94. The van der Waals surface area contributed by atoms with Gasteiger partial charge in [-0.1, -0.05) is 12.2 Å². The van der Waals surface area contributed by atoms with Gasteiger partial charge in [-0.15, -0.1) is 0 Å². The summed E-state index contributed by atoms with van der Waals surface area (Å²) in [5.74, 6) is -1.08. The number of rotatable bonds is 5. The first kappa shape index (κ1) is 16.7. The van der Waals surface area contributed by atoms with Crippen LogP contribution in [0.5, 0.6) is 0 Å². The van der Waals surface area contributed by atoms with E-state index in [-0.39, 0.29) is 11.1 Å². The minimum atomic E-state index is -1.08. The molecule has 0 aromatic carbocycles. The van der Waals surface area contributed by atoms with Gasteiger partial charge in [0.1, 0.15) is 6.29 Å². The van der Waals surface area contributed by atoms with E-state index < -0.39 is 5.97 Å². The monoisotopic (exact) mass is 382 g/mol. The van der Waals surface area contributed by atoms with Gasteiger partial charge in [-0.05, 0) is 50.9 Å². The third kappa shape index (κ3) is 2.56. The van der Waals surface area contributed by atoms with Crippen LogP contribution < -0.4 is 0 Å². The van der Waals surface area contributed by atoms with Crippen molar-refractivity contribution >= 4 is 47.2 Å². The van der Waals surface area contributed by atoms with E-state index in [0.717, 1.165) is 16.8 Å². The summed E-state index contributed by atoms with van der Waals surface area (Å²) in [6.07, 6.45) is 7.95. The molecule has 0 amide bonds. The van der Waals surface area contributed by atoms with E-state index in [1.54, 1.807) is 22.7 Å². The first-order chi connectivity index (χ1) is 12.7. The molecule has 0 aliphatic heterocycles. The maximum atomic E-state index is 11.6. The second kappa shape index (κ2) is 6.51. The van der Waals surface area contributed by atoms with Gasteiger partial charge in [0.2, 0.25) is 0 Å². The van der Waals surface area contributed by atoms with E-state index in [1.165, 1.54) is 17.0 Å². The Balaban J connectivity index is 1.92. The van der Waals surface area contributed by atoms with Crippen molar-refractivity contribution in [2.75, 3.05) is 0 Å². The number of hydrogen-bond donors (Lipinski definition) is 1. The van der Waals surface area contributed by atoms with Crippen LogP contribution in [0, 0.1) is 0 Å². The van der Waals surface area contributed by atoms with Crippen LogP contribution in [0.25, 0.3) is 12.3 Å². The predicted octanol–water partition coefficient (Wildman–Crippen LogP) is 3.93. The molecule has 130 valence electrons. The van der Waals surface area contributed by atoms with Gasteiger partial charge in [-0.25, -0.2) is 9.48 Å². The van der Waals surface area contributed by atoms with Crippen LogP contribution in [-0.2, 0) is 16.6 Å². The second-order valence-corrected chi connectivity index (χ2v) is 7.50. The highest BCUT2D eigenvalue weighted by atomic mass is 32.1. The Labute approximate surface area is 157 Å². The molecule has 1 aliphatic carbocycles. The van der Waals surface area contributed by atoms with Gasteiger partial charge < -0.3 is 5.11 Å². The highest BCUT2D eigenvalue weighted by molar-refractivity contribution is 7.08. The number of carbonyl (C=O) groups excluding carboxylic acids is 1. The molecular weight excluding hydrogens is 368 g/mol. The molecule has 26 heavy (non-hydrogen) atoms. The fourth-order valence-corrected chi connectivity index (χ4v) is 4.86. The van der Waals surface area contributed by atoms with Gasteiger partial charge in [0.05, 0.1) is 5.69 Å². The molecule has 5 nitrogen and oxygen atoms in total. The Morgan fingerprint density at radius 1 is 1.23 bits per heavy atom. The molecule has 0 radical (unpaired) electrons. The number of carboxylic acids is 1. The van der Waals surface area contributed by atoms with Crippen LogP contribution >= 0.6 is 22.7 Å². The molecule has 0 saturated carbocycles. The Bertz CT molecular complexity index is 978. The zero-order chi connectivity index (χ0) is 18.1. The minimum absolute atomic E-state index is 0.00367. The van der Waals surface area contributed by atoms with E-state index in [2.05, 4.69) is 34.1 Å². The summed E-state index contributed by atoms with van der Waals surface area (Å²) in [7, 11) is 0. The highest BCUT2D eigenvalue weighted by Crippen LogP contribution is 2.43. The lowest BCUT2D eigenvalue weighted by Crippen LogP contribution is -2.30. The predicted molar refractivity (Wildman–Crippen MR) is 103 cm³/mol. The molecule has 0 bridgehead atoms. The van der Waals surface area contributed by atoms with Crippen LogP contribution in [0.15, 0.2) is 45.8 Å². The largest absolute Gasteiger partial charge is 0.476 e. The molecule has 0 fully saturated rings. The molecule has 3 heterocycles. The molecule has 3 aromatic heterocycles. The fourth-order valence-electron chi connectivity index (χ4n) is 3.38. The van der Waals surface area contributed by atoms with Crippen molar-refractivity contribution < 1.29 is 14.7 Å². The van der Waals surface area contributed by atoms with Crippen LogP contribution in [0.3, 0.4) is 0 Å². The number of aldehydes is 1. The van der Waals surface area contributed by atoms with Gasteiger partial charge in [0.15, 0.2) is 5.69 Å². The van der Waals surface area contributed by atoms with Crippen molar-refractivity contribution in [1.29, 1.82) is 0 Å². The zero-order valence-electron chi connectivity index (χ0n) is 13.5. The van der Waals surface area contributed by atoms with Crippen LogP contribution in [0.4, 0.5) is 0 Å². The van der Waals surface area contributed by atoms with Crippen molar-refractivity contribution in [2.45, 2.75) is 11.8 Å². The topological polar surface area (TPSA) is 72.2 Å². The van der Waals surface area contributed by atoms with Gasteiger partial charge in [-0.2, -0.15) is 27.8 Å². The van der Waals surface area contributed by atoms with Crippen molar-refractivity contribution in [3.05, 3.63) is 73.9 Å². The van der Waals surface area contributed by atoms with Gasteiger partial charge >= 0.3 is 5.97 Å². The number of fused-ring (bicyclic) bond motifs is 1. The molecule has 3 aromatic rings. The standard InChI is InChI=1S/C19H14N2O3S2/c22-7-1-6-21-16-10-19(13-3-8-25-11-13,14-4-9-26-12-14)5-2-15(16)17(20-21)18(23)24/h1-9,11-12H,10H2,(H,23,24). The summed E-state index contributed by atoms with van der Waals surface area (Å²) in [6, 6.07) is 4.19. The fraction of sp³-hybridized carbons (Fsp3) is 0.105. The quantitative estimate of drug-likeness (QED) is 0.536. The van der Waals surface area contributed by atoms with Crippen LogP contribution in [-0.4, -0.2) is 27.1 Å². The number of hydrogen-bond acceptors (Lipinski definition) is 5. The maximum Gasteiger partial charge on any atom is 0.357 e. The zero-order valence-corrected chi connectivity index (χ0v) is 15.2. The molecule has 0 unspecified atom stereocenters. The van der Waals surface area contributed by atoms with Crippen molar-refractivity contribution in [2.24, 2.45) is 0 Å². The molecule has 0 spiro atoms. The Hall–Kier alpha value is -2.77. The van der Waals surface area contributed by atoms with Gasteiger partial charge in [-0.3, -0.25) is 4.79 Å². The molecule has 1 aliphatic rings. The van der Waals surface area contributed by atoms with E-state index in [4.69, 9.17) is 0 Å². The lowest BCUT2D eigenvalue weighted by molar-refractivity contribution is -0.104. The number of nitrogens with zero attached hydrogens (tertiary/aromatic N) is 2. The summed E-state index contributed by atoms with van der Waals surface area (Å²) < 4.78 is 1.50. The molecule has 7 heteroatoms. The minimum Gasteiger partial charge on any atom is -0.476 e.